The van der Waals surface area contributed by atoms with Crippen LogP contribution in [0.25, 0.3) is 10.4 Å². The smallest absolute Gasteiger partial charge is 0.244 e. The molecule has 0 bridgehead atoms. The summed E-state index contributed by atoms with van der Waals surface area (Å²) in [5.74, 6) is 0.131. The molecule has 0 radical (unpaired) electrons. The monoisotopic (exact) mass is 496 g/mol. The molecule has 1 amide bonds. The second-order valence-electron chi connectivity index (χ2n) is 8.86. The zero-order valence-electron chi connectivity index (χ0n) is 19.7. The maximum absolute atomic E-state index is 13.1. The van der Waals surface area contributed by atoms with Gasteiger partial charge in [0.15, 0.2) is 5.13 Å². The number of carbonyl (C=O) groups is 1. The molecular formula is C22H32N4O5S2. The van der Waals surface area contributed by atoms with Crippen LogP contribution in [0.5, 0.6) is 5.75 Å². The van der Waals surface area contributed by atoms with Gasteiger partial charge in [-0.1, -0.05) is 32.1 Å². The number of nitrogens with zero attached hydrogens (tertiary/aromatic N) is 2. The number of aromatic nitrogens is 1. The summed E-state index contributed by atoms with van der Waals surface area (Å²) in [4.78, 5) is 19.8. The number of benzene rings is 1. The van der Waals surface area contributed by atoms with Crippen LogP contribution in [0.15, 0.2) is 23.1 Å². The molecule has 2 aromatic rings. The number of aryl methyl sites for hydroxylation is 1. The molecule has 0 saturated carbocycles. The van der Waals surface area contributed by atoms with Crippen molar-refractivity contribution >= 4 is 32.4 Å². The molecule has 9 nitrogen and oxygen atoms in total. The third kappa shape index (κ3) is 6.51. The van der Waals surface area contributed by atoms with Crippen LogP contribution in [-0.4, -0.2) is 70.7 Å². The highest BCUT2D eigenvalue weighted by atomic mass is 32.2. The lowest BCUT2D eigenvalue weighted by atomic mass is 9.96. The number of hydrogen-bond acceptors (Lipinski definition) is 8. The first-order valence-electron chi connectivity index (χ1n) is 10.8. The molecular weight excluding hydrogens is 464 g/mol. The van der Waals surface area contributed by atoms with Gasteiger partial charge in [0.05, 0.1) is 30.9 Å². The summed E-state index contributed by atoms with van der Waals surface area (Å²) in [6.45, 7) is 11.1. The summed E-state index contributed by atoms with van der Waals surface area (Å²) in [6, 6.07) is 5.02. The van der Waals surface area contributed by atoms with E-state index < -0.39 is 15.4 Å². The first-order valence-corrected chi connectivity index (χ1v) is 13.1. The fraction of sp³-hybridized carbons (Fsp3) is 0.545. The highest BCUT2D eigenvalue weighted by molar-refractivity contribution is 7.89. The van der Waals surface area contributed by atoms with E-state index in [4.69, 9.17) is 9.47 Å². The van der Waals surface area contributed by atoms with Gasteiger partial charge in [-0.3, -0.25) is 9.69 Å². The van der Waals surface area contributed by atoms with Gasteiger partial charge in [0.1, 0.15) is 10.6 Å². The van der Waals surface area contributed by atoms with Gasteiger partial charge < -0.3 is 14.8 Å². The lowest BCUT2D eigenvalue weighted by Gasteiger charge is -2.26. The van der Waals surface area contributed by atoms with Crippen molar-refractivity contribution in [2.24, 2.45) is 5.41 Å². The first kappa shape index (κ1) is 25.6. The number of anilines is 1. The molecule has 1 fully saturated rings. The molecule has 1 aromatic carbocycles. The van der Waals surface area contributed by atoms with E-state index in [9.17, 15) is 13.2 Å². The molecule has 3 rings (SSSR count). The number of carbonyl (C=O) groups excluding carboxylic acids is 1. The lowest BCUT2D eigenvalue weighted by molar-refractivity contribution is -0.123. The first-order chi connectivity index (χ1) is 15.5. The topological polar surface area (TPSA) is 110 Å². The van der Waals surface area contributed by atoms with Crippen molar-refractivity contribution in [2.45, 2.75) is 32.6 Å². The van der Waals surface area contributed by atoms with Gasteiger partial charge >= 0.3 is 0 Å². The van der Waals surface area contributed by atoms with Crippen molar-refractivity contribution in [1.29, 1.82) is 0 Å². The number of ether oxygens (including phenoxy) is 2. The number of rotatable bonds is 8. The van der Waals surface area contributed by atoms with Crippen LogP contribution >= 0.6 is 11.3 Å². The Balaban J connectivity index is 1.81. The molecule has 1 aromatic heterocycles. The second kappa shape index (κ2) is 10.5. The molecule has 0 unspecified atom stereocenters. The standard InChI is InChI=1S/C22H32N4O5S2/c1-15-19(32-21(24-15)25-20(27)22(2,3)4)16-6-7-17(30-5)18(14-16)33(28,29)23-8-9-26-10-12-31-13-11-26/h6-7,14,23H,8-13H2,1-5H3,(H,24,25,27). The number of sulfonamides is 1. The quantitative estimate of drug-likeness (QED) is 0.578. The Morgan fingerprint density at radius 2 is 1.97 bits per heavy atom. The van der Waals surface area contributed by atoms with Crippen LogP contribution in [0.3, 0.4) is 0 Å². The molecule has 0 spiro atoms. The molecule has 0 atom stereocenters. The van der Waals surface area contributed by atoms with Crippen molar-refractivity contribution in [3.63, 3.8) is 0 Å². The number of amides is 1. The normalized spacial score (nSPS) is 15.4. The Hall–Kier alpha value is -2.05. The second-order valence-corrected chi connectivity index (χ2v) is 11.6. The predicted molar refractivity (Wildman–Crippen MR) is 129 cm³/mol. The zero-order valence-corrected chi connectivity index (χ0v) is 21.4. The molecule has 182 valence electrons. The van der Waals surface area contributed by atoms with E-state index >= 15 is 0 Å². The highest BCUT2D eigenvalue weighted by Gasteiger charge is 2.24. The number of hydrogen-bond donors (Lipinski definition) is 2. The fourth-order valence-corrected chi connectivity index (χ4v) is 5.44. The van der Waals surface area contributed by atoms with Crippen LogP contribution in [0.2, 0.25) is 0 Å². The van der Waals surface area contributed by atoms with Crippen LogP contribution in [0.1, 0.15) is 26.5 Å². The summed E-state index contributed by atoms with van der Waals surface area (Å²) < 4.78 is 39.5. The van der Waals surface area contributed by atoms with Crippen molar-refractivity contribution in [2.75, 3.05) is 51.8 Å². The predicted octanol–water partition coefficient (Wildman–Crippen LogP) is 2.72. The Labute approximate surface area is 199 Å². The molecule has 2 heterocycles. The van der Waals surface area contributed by atoms with E-state index in [-0.39, 0.29) is 23.1 Å². The van der Waals surface area contributed by atoms with Crippen LogP contribution in [0.4, 0.5) is 5.13 Å². The molecule has 1 saturated heterocycles. The molecule has 1 aliphatic rings. The van der Waals surface area contributed by atoms with Gasteiger partial charge in [0.2, 0.25) is 15.9 Å². The van der Waals surface area contributed by atoms with Crippen molar-refractivity contribution in [1.82, 2.24) is 14.6 Å². The van der Waals surface area contributed by atoms with E-state index in [1.165, 1.54) is 18.4 Å². The van der Waals surface area contributed by atoms with Gasteiger partial charge in [-0.2, -0.15) is 0 Å². The summed E-state index contributed by atoms with van der Waals surface area (Å²) in [6.07, 6.45) is 0. The maximum atomic E-state index is 13.1. The number of methoxy groups -OCH3 is 1. The summed E-state index contributed by atoms with van der Waals surface area (Å²) >= 11 is 1.31. The average molecular weight is 497 g/mol. The van der Waals surface area contributed by atoms with Crippen LogP contribution in [0, 0.1) is 12.3 Å². The number of morpholine rings is 1. The fourth-order valence-electron chi connectivity index (χ4n) is 3.27. The van der Waals surface area contributed by atoms with E-state index in [1.807, 2.05) is 27.7 Å². The Morgan fingerprint density at radius 3 is 2.61 bits per heavy atom. The van der Waals surface area contributed by atoms with E-state index in [0.29, 0.717) is 36.1 Å². The zero-order chi connectivity index (χ0) is 24.2. The molecule has 33 heavy (non-hydrogen) atoms. The van der Waals surface area contributed by atoms with Crippen molar-refractivity contribution in [3.05, 3.63) is 23.9 Å². The lowest BCUT2D eigenvalue weighted by Crippen LogP contribution is -2.41. The van der Waals surface area contributed by atoms with Crippen LogP contribution in [-0.2, 0) is 19.6 Å². The number of nitrogens with one attached hydrogen (secondary N) is 2. The number of thiazole rings is 1. The van der Waals surface area contributed by atoms with E-state index in [1.54, 1.807) is 18.2 Å². The van der Waals surface area contributed by atoms with Gasteiger partial charge in [0.25, 0.3) is 0 Å². The third-order valence-electron chi connectivity index (χ3n) is 5.24. The van der Waals surface area contributed by atoms with E-state index in [2.05, 4.69) is 19.9 Å². The van der Waals surface area contributed by atoms with Crippen molar-refractivity contribution in [3.8, 4) is 16.2 Å². The average Bonchev–Trinajstić information content (AvgIpc) is 3.13. The van der Waals surface area contributed by atoms with Crippen molar-refractivity contribution < 1.29 is 22.7 Å². The molecule has 0 aliphatic carbocycles. The van der Waals surface area contributed by atoms with Gasteiger partial charge in [-0.25, -0.2) is 18.1 Å². The summed E-state index contributed by atoms with van der Waals surface area (Å²) in [7, 11) is -2.35. The minimum absolute atomic E-state index is 0.0672. The molecule has 1 aliphatic heterocycles. The van der Waals surface area contributed by atoms with E-state index in [0.717, 1.165) is 18.0 Å². The van der Waals surface area contributed by atoms with Crippen LogP contribution < -0.4 is 14.8 Å². The van der Waals surface area contributed by atoms with Gasteiger partial charge in [-0.05, 0) is 30.7 Å². The molecule has 2 N–H and O–H groups in total. The van der Waals surface area contributed by atoms with Gasteiger partial charge in [0, 0.05) is 31.6 Å². The maximum Gasteiger partial charge on any atom is 0.244 e. The Kier molecular flexibility index (Phi) is 8.12. The minimum Gasteiger partial charge on any atom is -0.495 e. The minimum atomic E-state index is -3.80. The SMILES string of the molecule is COc1ccc(-c2sc(NC(=O)C(C)(C)C)nc2C)cc1S(=O)(=O)NCCN1CCOCC1. The molecule has 11 heteroatoms. The summed E-state index contributed by atoms with van der Waals surface area (Å²) in [5.41, 5.74) is 0.849. The highest BCUT2D eigenvalue weighted by Crippen LogP contribution is 2.36. The third-order valence-corrected chi connectivity index (χ3v) is 7.84. The Morgan fingerprint density at radius 1 is 1.27 bits per heavy atom. The summed E-state index contributed by atoms with van der Waals surface area (Å²) in [5, 5.41) is 3.32. The van der Waals surface area contributed by atoms with Gasteiger partial charge in [-0.15, -0.1) is 0 Å². The Bertz CT molecular complexity index is 1090. The largest absolute Gasteiger partial charge is 0.495 e.